The first-order chi connectivity index (χ1) is 10.7. The highest BCUT2D eigenvalue weighted by atomic mass is 16.5. The van der Waals surface area contributed by atoms with Gasteiger partial charge in [0, 0.05) is 38.0 Å². The summed E-state index contributed by atoms with van der Waals surface area (Å²) < 4.78 is 5.46. The van der Waals surface area contributed by atoms with Gasteiger partial charge >= 0.3 is 0 Å². The number of aromatic nitrogens is 1. The molecule has 0 amide bonds. The van der Waals surface area contributed by atoms with Crippen molar-refractivity contribution in [3.8, 4) is 6.07 Å². The summed E-state index contributed by atoms with van der Waals surface area (Å²) in [6.45, 7) is 7.21. The minimum absolute atomic E-state index is 0.414. The molecule has 0 spiro atoms. The molecule has 0 aliphatic carbocycles. The summed E-state index contributed by atoms with van der Waals surface area (Å²) in [5.41, 5.74) is 1.58. The van der Waals surface area contributed by atoms with Gasteiger partial charge in [-0.25, -0.2) is 4.98 Å². The molecule has 5 heteroatoms. The number of nitriles is 1. The molecule has 1 atom stereocenters. The molecule has 3 heterocycles. The number of nitrogens with zero attached hydrogens (tertiary/aromatic N) is 3. The van der Waals surface area contributed by atoms with Gasteiger partial charge in [0.2, 0.25) is 0 Å². The molecule has 3 rings (SSSR count). The monoisotopic (exact) mass is 300 g/mol. The van der Waals surface area contributed by atoms with Crippen molar-refractivity contribution in [1.29, 1.82) is 5.26 Å². The number of pyridine rings is 1. The van der Waals surface area contributed by atoms with Gasteiger partial charge < -0.3 is 15.0 Å². The molecule has 2 aliphatic rings. The predicted molar refractivity (Wildman–Crippen MR) is 85.7 cm³/mol. The second kappa shape index (κ2) is 7.08. The fourth-order valence-electron chi connectivity index (χ4n) is 3.30. The Labute approximate surface area is 132 Å². The van der Waals surface area contributed by atoms with Gasteiger partial charge in [-0.15, -0.1) is 0 Å². The molecule has 2 aliphatic heterocycles. The van der Waals surface area contributed by atoms with E-state index in [2.05, 4.69) is 21.3 Å². The molecule has 1 aromatic rings. The summed E-state index contributed by atoms with van der Waals surface area (Å²) >= 11 is 0. The minimum atomic E-state index is 0.414. The second-order valence-corrected chi connectivity index (χ2v) is 6.41. The van der Waals surface area contributed by atoms with Crippen LogP contribution in [0.2, 0.25) is 0 Å². The van der Waals surface area contributed by atoms with Crippen molar-refractivity contribution in [2.75, 3.05) is 38.2 Å². The Hall–Kier alpha value is -1.64. The van der Waals surface area contributed by atoms with Crippen LogP contribution >= 0.6 is 0 Å². The molecule has 0 saturated carbocycles. The van der Waals surface area contributed by atoms with Crippen LogP contribution in [0.3, 0.4) is 0 Å². The molecule has 2 fully saturated rings. The van der Waals surface area contributed by atoms with E-state index in [4.69, 9.17) is 4.74 Å². The van der Waals surface area contributed by atoms with Crippen molar-refractivity contribution >= 4 is 5.82 Å². The number of likely N-dealkylation sites (tertiary alicyclic amines) is 1. The van der Waals surface area contributed by atoms with Crippen LogP contribution in [0.1, 0.15) is 30.5 Å². The summed E-state index contributed by atoms with van der Waals surface area (Å²) in [4.78, 5) is 7.02. The SMILES string of the molecule is Cc1ccc(C#N)c(NC2CCN(C[C@@H]3CCOC3)CC2)n1. The highest BCUT2D eigenvalue weighted by Crippen LogP contribution is 2.21. The summed E-state index contributed by atoms with van der Waals surface area (Å²) in [5, 5.41) is 12.7. The maximum atomic E-state index is 9.19. The Morgan fingerprint density at radius 3 is 2.86 bits per heavy atom. The molecule has 2 saturated heterocycles. The van der Waals surface area contributed by atoms with E-state index in [1.807, 2.05) is 19.1 Å². The zero-order valence-electron chi connectivity index (χ0n) is 13.2. The van der Waals surface area contributed by atoms with Gasteiger partial charge in [-0.1, -0.05) is 0 Å². The van der Waals surface area contributed by atoms with E-state index in [9.17, 15) is 5.26 Å². The fourth-order valence-corrected chi connectivity index (χ4v) is 3.30. The highest BCUT2D eigenvalue weighted by Gasteiger charge is 2.24. The Balaban J connectivity index is 1.51. The minimum Gasteiger partial charge on any atom is -0.381 e. The quantitative estimate of drug-likeness (QED) is 0.923. The Kier molecular flexibility index (Phi) is 4.91. The van der Waals surface area contributed by atoms with Crippen molar-refractivity contribution in [3.05, 3.63) is 23.4 Å². The smallest absolute Gasteiger partial charge is 0.144 e. The van der Waals surface area contributed by atoms with Crippen LogP contribution in [0, 0.1) is 24.2 Å². The third-order valence-electron chi connectivity index (χ3n) is 4.62. The summed E-state index contributed by atoms with van der Waals surface area (Å²) in [5.74, 6) is 1.46. The van der Waals surface area contributed by atoms with Crippen LogP contribution in [0.5, 0.6) is 0 Å². The topological polar surface area (TPSA) is 61.2 Å². The van der Waals surface area contributed by atoms with Gasteiger partial charge in [-0.05, 0) is 44.2 Å². The van der Waals surface area contributed by atoms with Crippen LogP contribution in [0.15, 0.2) is 12.1 Å². The van der Waals surface area contributed by atoms with E-state index in [0.29, 0.717) is 17.5 Å². The van der Waals surface area contributed by atoms with Crippen LogP contribution in [0.4, 0.5) is 5.82 Å². The standard InChI is InChI=1S/C17H24N4O/c1-13-2-3-15(10-18)17(19-13)20-16-4-7-21(8-5-16)11-14-6-9-22-12-14/h2-3,14,16H,4-9,11-12H2,1H3,(H,19,20)/t14-/m0/s1. The zero-order chi connectivity index (χ0) is 15.4. The highest BCUT2D eigenvalue weighted by molar-refractivity contribution is 5.52. The van der Waals surface area contributed by atoms with E-state index >= 15 is 0 Å². The van der Waals surface area contributed by atoms with Crippen LogP contribution in [-0.2, 0) is 4.74 Å². The van der Waals surface area contributed by atoms with Gasteiger partial charge in [0.15, 0.2) is 0 Å². The molecule has 0 radical (unpaired) electrons. The number of anilines is 1. The molecule has 22 heavy (non-hydrogen) atoms. The van der Waals surface area contributed by atoms with Gasteiger partial charge in [0.05, 0.1) is 12.2 Å². The van der Waals surface area contributed by atoms with Crippen molar-refractivity contribution < 1.29 is 4.74 Å². The lowest BCUT2D eigenvalue weighted by atomic mass is 10.0. The molecule has 0 aromatic carbocycles. The molecule has 1 N–H and O–H groups in total. The number of nitrogens with one attached hydrogen (secondary N) is 1. The third kappa shape index (κ3) is 3.76. The summed E-state index contributed by atoms with van der Waals surface area (Å²) in [6, 6.07) is 6.37. The Bertz CT molecular complexity index is 540. The van der Waals surface area contributed by atoms with Gasteiger partial charge in [0.1, 0.15) is 11.9 Å². The Morgan fingerprint density at radius 2 is 2.18 bits per heavy atom. The maximum absolute atomic E-state index is 9.19. The molecular weight excluding hydrogens is 276 g/mol. The lowest BCUT2D eigenvalue weighted by molar-refractivity contribution is 0.154. The largest absolute Gasteiger partial charge is 0.381 e. The number of ether oxygens (including phenoxy) is 1. The van der Waals surface area contributed by atoms with Gasteiger partial charge in [-0.3, -0.25) is 0 Å². The average molecular weight is 300 g/mol. The van der Waals surface area contributed by atoms with Gasteiger partial charge in [-0.2, -0.15) is 5.26 Å². The van der Waals surface area contributed by atoms with E-state index in [0.717, 1.165) is 50.7 Å². The Morgan fingerprint density at radius 1 is 1.36 bits per heavy atom. The van der Waals surface area contributed by atoms with Crippen molar-refractivity contribution in [2.24, 2.45) is 5.92 Å². The average Bonchev–Trinajstić information content (AvgIpc) is 3.02. The number of piperidine rings is 1. The lowest BCUT2D eigenvalue weighted by Crippen LogP contribution is -2.41. The number of aryl methyl sites for hydroxylation is 1. The summed E-state index contributed by atoms with van der Waals surface area (Å²) in [6.07, 6.45) is 3.42. The molecule has 5 nitrogen and oxygen atoms in total. The summed E-state index contributed by atoms with van der Waals surface area (Å²) in [7, 11) is 0. The van der Waals surface area contributed by atoms with Crippen molar-refractivity contribution in [2.45, 2.75) is 32.2 Å². The van der Waals surface area contributed by atoms with Crippen LogP contribution in [0.25, 0.3) is 0 Å². The first-order valence-electron chi connectivity index (χ1n) is 8.19. The number of hydrogen-bond acceptors (Lipinski definition) is 5. The first kappa shape index (κ1) is 15.3. The van der Waals surface area contributed by atoms with Gasteiger partial charge in [0.25, 0.3) is 0 Å². The molecule has 1 aromatic heterocycles. The number of hydrogen-bond donors (Lipinski definition) is 1. The van der Waals surface area contributed by atoms with Crippen molar-refractivity contribution in [1.82, 2.24) is 9.88 Å². The fraction of sp³-hybridized carbons (Fsp3) is 0.647. The van der Waals surface area contributed by atoms with Crippen LogP contribution in [-0.4, -0.2) is 48.8 Å². The molecule has 118 valence electrons. The van der Waals surface area contributed by atoms with E-state index in [-0.39, 0.29) is 0 Å². The van der Waals surface area contributed by atoms with Crippen molar-refractivity contribution in [3.63, 3.8) is 0 Å². The van der Waals surface area contributed by atoms with E-state index in [1.54, 1.807) is 0 Å². The normalized spacial score (nSPS) is 23.4. The second-order valence-electron chi connectivity index (χ2n) is 6.41. The van der Waals surface area contributed by atoms with E-state index < -0.39 is 0 Å². The lowest BCUT2D eigenvalue weighted by Gasteiger charge is -2.34. The van der Waals surface area contributed by atoms with E-state index in [1.165, 1.54) is 13.0 Å². The zero-order valence-corrected chi connectivity index (χ0v) is 13.2. The molecule has 0 unspecified atom stereocenters. The van der Waals surface area contributed by atoms with Crippen LogP contribution < -0.4 is 5.32 Å². The first-order valence-corrected chi connectivity index (χ1v) is 8.19. The number of rotatable bonds is 4. The maximum Gasteiger partial charge on any atom is 0.144 e. The molecular formula is C17H24N4O. The predicted octanol–water partition coefficient (Wildman–Crippen LogP) is 2.17. The third-order valence-corrected chi connectivity index (χ3v) is 4.62. The molecule has 0 bridgehead atoms.